The van der Waals surface area contributed by atoms with E-state index in [1.54, 1.807) is 11.1 Å². The lowest BCUT2D eigenvalue weighted by Crippen LogP contribution is -3.04. The van der Waals surface area contributed by atoms with Crippen LogP contribution in [0, 0.1) is 5.92 Å². The van der Waals surface area contributed by atoms with Crippen molar-refractivity contribution in [2.24, 2.45) is 15.9 Å². The lowest BCUT2D eigenvalue weighted by atomic mass is 9.92. The first kappa shape index (κ1) is 13.0. The Hall–Kier alpha value is -1.46. The Morgan fingerprint density at radius 1 is 1.50 bits per heavy atom. The van der Waals surface area contributed by atoms with Gasteiger partial charge in [-0.3, -0.25) is 9.79 Å². The highest BCUT2D eigenvalue weighted by Gasteiger charge is 2.33. The van der Waals surface area contributed by atoms with Crippen LogP contribution in [0.25, 0.3) is 0 Å². The molecule has 3 aliphatic rings. The van der Waals surface area contributed by atoms with Crippen LogP contribution in [0.4, 0.5) is 0 Å². The second kappa shape index (κ2) is 5.04. The molecule has 1 saturated heterocycles. The number of nitrogens with zero attached hydrogens (tertiary/aromatic N) is 3. The summed E-state index contributed by atoms with van der Waals surface area (Å²) in [5.74, 6) is 0.460. The van der Waals surface area contributed by atoms with Gasteiger partial charge in [0.15, 0.2) is 12.0 Å². The topological polar surface area (TPSA) is 49.5 Å². The number of rotatable bonds is 1. The minimum atomic E-state index is 0. The third-order valence-corrected chi connectivity index (χ3v) is 3.52. The summed E-state index contributed by atoms with van der Waals surface area (Å²) in [6, 6.07) is 0. The molecule has 0 aromatic rings. The molecule has 0 saturated carbocycles. The van der Waals surface area contributed by atoms with Crippen LogP contribution in [0.15, 0.2) is 33.8 Å². The largest absolute Gasteiger partial charge is 1.00 e. The number of hydrogen-bond acceptors (Lipinski definition) is 3. The fraction of sp³-hybridized carbons (Fsp3) is 0.417. The molecule has 96 valence electrons. The predicted molar refractivity (Wildman–Crippen MR) is 64.5 cm³/mol. The van der Waals surface area contributed by atoms with Gasteiger partial charge >= 0.3 is 0 Å². The van der Waals surface area contributed by atoms with Gasteiger partial charge in [0.05, 0.1) is 12.4 Å². The van der Waals surface area contributed by atoms with Gasteiger partial charge in [-0.05, 0) is 6.42 Å². The van der Waals surface area contributed by atoms with Crippen LogP contribution >= 0.6 is 0 Å². The highest BCUT2D eigenvalue weighted by molar-refractivity contribution is 5.83. The molecule has 3 heterocycles. The molecule has 1 amide bonds. The van der Waals surface area contributed by atoms with Crippen molar-refractivity contribution in [2.75, 3.05) is 13.6 Å². The number of fused-ring (bicyclic) bond motifs is 1. The number of aliphatic imine (C=N–C) groups is 2. The molecule has 18 heavy (non-hydrogen) atoms. The lowest BCUT2D eigenvalue weighted by molar-refractivity contribution is -0.682. The number of likely N-dealkylation sites (tertiary alicyclic amines) is 1. The van der Waals surface area contributed by atoms with Crippen molar-refractivity contribution in [1.29, 1.82) is 0 Å². The van der Waals surface area contributed by atoms with E-state index < -0.39 is 0 Å². The summed E-state index contributed by atoms with van der Waals surface area (Å²) in [6.45, 7) is 0.818. The normalized spacial score (nSPS) is 29.6. The zero-order chi connectivity index (χ0) is 11.8. The summed E-state index contributed by atoms with van der Waals surface area (Å²) < 4.78 is 0. The van der Waals surface area contributed by atoms with E-state index in [9.17, 15) is 4.79 Å². The summed E-state index contributed by atoms with van der Waals surface area (Å²) >= 11 is 0. The molecular weight excluding hydrogens is 252 g/mol. The SMILES string of the molecule is CN1CCC(C2=C3C=NC=C[NH+]3C=N2)CC1=O.[Cl-]. The monoisotopic (exact) mass is 266 g/mol. The molecule has 2 unspecified atom stereocenters. The maximum Gasteiger partial charge on any atom is 0.222 e. The highest BCUT2D eigenvalue weighted by atomic mass is 35.5. The van der Waals surface area contributed by atoms with Crippen molar-refractivity contribution >= 4 is 18.5 Å². The maximum absolute atomic E-state index is 11.7. The third kappa shape index (κ3) is 2.11. The average Bonchev–Trinajstić information content (AvgIpc) is 2.76. The van der Waals surface area contributed by atoms with Crippen LogP contribution < -0.4 is 17.3 Å². The molecule has 0 aromatic heterocycles. The van der Waals surface area contributed by atoms with E-state index >= 15 is 0 Å². The number of quaternary nitrogens is 1. The smallest absolute Gasteiger partial charge is 0.222 e. The van der Waals surface area contributed by atoms with Crippen LogP contribution in [0.5, 0.6) is 0 Å². The highest BCUT2D eigenvalue weighted by Crippen LogP contribution is 2.27. The fourth-order valence-electron chi connectivity index (χ4n) is 2.44. The van der Waals surface area contributed by atoms with Crippen LogP contribution in [0.3, 0.4) is 0 Å². The van der Waals surface area contributed by atoms with Crippen LogP contribution in [0.2, 0.25) is 0 Å². The van der Waals surface area contributed by atoms with E-state index in [4.69, 9.17) is 0 Å². The Kier molecular flexibility index (Phi) is 3.63. The van der Waals surface area contributed by atoms with Crippen LogP contribution in [-0.2, 0) is 4.79 Å². The number of nitrogens with one attached hydrogen (secondary N) is 1. The van der Waals surface area contributed by atoms with Gasteiger partial charge in [-0.1, -0.05) is 0 Å². The molecule has 0 aromatic carbocycles. The van der Waals surface area contributed by atoms with Crippen molar-refractivity contribution in [3.63, 3.8) is 0 Å². The van der Waals surface area contributed by atoms with E-state index in [2.05, 4.69) is 9.98 Å². The molecule has 2 atom stereocenters. The first-order chi connectivity index (χ1) is 8.25. The Morgan fingerprint density at radius 2 is 2.33 bits per heavy atom. The number of carbonyl (C=O) groups excluding carboxylic acids is 1. The van der Waals surface area contributed by atoms with E-state index in [1.165, 1.54) is 0 Å². The van der Waals surface area contributed by atoms with E-state index in [0.29, 0.717) is 6.42 Å². The summed E-state index contributed by atoms with van der Waals surface area (Å²) in [7, 11) is 1.86. The summed E-state index contributed by atoms with van der Waals surface area (Å²) in [5, 5.41) is 0. The summed E-state index contributed by atoms with van der Waals surface area (Å²) in [5.41, 5.74) is 2.13. The Bertz CT molecular complexity index is 480. The van der Waals surface area contributed by atoms with Gasteiger partial charge in [-0.15, -0.1) is 0 Å². The predicted octanol–water partition coefficient (Wildman–Crippen LogP) is -3.45. The van der Waals surface area contributed by atoms with Gasteiger partial charge in [-0.25, -0.2) is 9.89 Å². The van der Waals surface area contributed by atoms with E-state index in [1.807, 2.05) is 25.8 Å². The standard InChI is InChI=1S/C12H14N4O.ClH/c1-15-4-2-9(6-11(15)17)12-10-7-13-3-5-16(10)8-14-12;/h3,5,7-9H,2,4,6H2,1H3;1H. The second-order valence-corrected chi connectivity index (χ2v) is 4.61. The van der Waals surface area contributed by atoms with Crippen molar-refractivity contribution < 1.29 is 22.1 Å². The zero-order valence-corrected chi connectivity index (χ0v) is 10.9. The minimum absolute atomic E-state index is 0. The first-order valence-corrected chi connectivity index (χ1v) is 5.85. The van der Waals surface area contributed by atoms with Crippen LogP contribution in [0.1, 0.15) is 12.8 Å². The number of piperidine rings is 1. The van der Waals surface area contributed by atoms with Gasteiger partial charge in [0, 0.05) is 25.9 Å². The molecular formula is C12H15ClN4O. The Labute approximate surface area is 112 Å². The molecule has 6 heteroatoms. The Balaban J connectivity index is 0.00000120. The number of hydrogen-bond donors (Lipinski definition) is 1. The maximum atomic E-state index is 11.7. The van der Waals surface area contributed by atoms with Gasteiger partial charge in [0.25, 0.3) is 0 Å². The summed E-state index contributed by atoms with van der Waals surface area (Å²) in [6.07, 6.45) is 9.01. The quantitative estimate of drug-likeness (QED) is 0.527. The van der Waals surface area contributed by atoms with Gasteiger partial charge in [0.1, 0.15) is 11.9 Å². The van der Waals surface area contributed by atoms with E-state index in [0.717, 1.165) is 29.3 Å². The first-order valence-electron chi connectivity index (χ1n) is 5.85. The molecule has 0 bridgehead atoms. The number of amides is 1. The van der Waals surface area contributed by atoms with Crippen LogP contribution in [-0.4, -0.2) is 37.0 Å². The zero-order valence-electron chi connectivity index (χ0n) is 10.1. The molecule has 1 fully saturated rings. The van der Waals surface area contributed by atoms with Crippen molar-refractivity contribution in [2.45, 2.75) is 12.8 Å². The third-order valence-electron chi connectivity index (χ3n) is 3.52. The van der Waals surface area contributed by atoms with Gasteiger partial charge in [0.2, 0.25) is 5.91 Å². The second-order valence-electron chi connectivity index (χ2n) is 4.61. The molecule has 3 rings (SSSR count). The fourth-order valence-corrected chi connectivity index (χ4v) is 2.44. The number of carbonyl (C=O) groups is 1. The summed E-state index contributed by atoms with van der Waals surface area (Å²) in [4.78, 5) is 23.2. The number of allylic oxidation sites excluding steroid dienone is 2. The molecule has 3 aliphatic heterocycles. The molecule has 0 spiro atoms. The van der Waals surface area contributed by atoms with E-state index in [-0.39, 0.29) is 24.2 Å². The van der Waals surface area contributed by atoms with Gasteiger partial charge < -0.3 is 17.3 Å². The molecule has 0 radical (unpaired) electrons. The average molecular weight is 267 g/mol. The molecule has 0 aliphatic carbocycles. The van der Waals surface area contributed by atoms with Crippen molar-refractivity contribution in [3.05, 3.63) is 23.8 Å². The van der Waals surface area contributed by atoms with Gasteiger partial charge in [-0.2, -0.15) is 0 Å². The number of halogens is 1. The molecule has 1 N–H and O–H groups in total. The minimum Gasteiger partial charge on any atom is -1.00 e. The Morgan fingerprint density at radius 3 is 3.11 bits per heavy atom. The van der Waals surface area contributed by atoms with Crippen molar-refractivity contribution in [3.8, 4) is 0 Å². The lowest BCUT2D eigenvalue weighted by Gasteiger charge is -2.28. The van der Waals surface area contributed by atoms with Crippen molar-refractivity contribution in [1.82, 2.24) is 4.90 Å². The molecule has 5 nitrogen and oxygen atoms in total.